The van der Waals surface area contributed by atoms with Crippen molar-refractivity contribution in [2.45, 2.75) is 42.9 Å². The third kappa shape index (κ3) is 4.50. The molecule has 0 saturated heterocycles. The molecule has 1 aliphatic rings. The van der Waals surface area contributed by atoms with Gasteiger partial charge in [-0.25, -0.2) is 9.78 Å². The van der Waals surface area contributed by atoms with Crippen LogP contribution in [0, 0.1) is 11.8 Å². The molecule has 1 aromatic carbocycles. The fraction of sp³-hybridized carbons (Fsp3) is 0.286. The zero-order chi connectivity index (χ0) is 19.6. The lowest BCUT2D eigenvalue weighted by molar-refractivity contribution is -0.143. The Morgan fingerprint density at radius 3 is 2.67 bits per heavy atom. The van der Waals surface area contributed by atoms with E-state index in [1.807, 2.05) is 12.1 Å². The zero-order valence-electron chi connectivity index (χ0n) is 15.3. The molecule has 1 atom stereocenters. The van der Waals surface area contributed by atoms with Gasteiger partial charge >= 0.3 is 11.9 Å². The predicted octanol–water partition coefficient (Wildman–Crippen LogP) is 3.84. The molecule has 138 valence electrons. The second kappa shape index (κ2) is 7.45. The number of benzene rings is 1. The summed E-state index contributed by atoms with van der Waals surface area (Å²) in [5.74, 6) is 4.77. The standard InChI is InChI=1S/C21H19NO4S/c1-13(23)26-19-11-21(2,3)17-10-14(5-9-18(17)27-19)4-7-16-8-6-15(12-22-16)20(24)25/h5-6,8-10,12,19H,11H2,1-3H3,(H,24,25). The Hall–Kier alpha value is -2.78. The van der Waals surface area contributed by atoms with Gasteiger partial charge in [0.15, 0.2) is 5.44 Å². The van der Waals surface area contributed by atoms with Gasteiger partial charge in [-0.1, -0.05) is 31.5 Å². The van der Waals surface area contributed by atoms with E-state index in [9.17, 15) is 9.59 Å². The highest BCUT2D eigenvalue weighted by molar-refractivity contribution is 7.99. The van der Waals surface area contributed by atoms with Gasteiger partial charge in [-0.15, -0.1) is 0 Å². The number of carbonyl (C=O) groups is 2. The minimum absolute atomic E-state index is 0.135. The maximum absolute atomic E-state index is 11.3. The quantitative estimate of drug-likeness (QED) is 0.629. The van der Waals surface area contributed by atoms with E-state index in [4.69, 9.17) is 9.84 Å². The molecular formula is C21H19NO4S. The summed E-state index contributed by atoms with van der Waals surface area (Å²) < 4.78 is 5.39. The van der Waals surface area contributed by atoms with Crippen molar-refractivity contribution < 1.29 is 19.4 Å². The average molecular weight is 381 g/mol. The first-order valence-electron chi connectivity index (χ1n) is 8.44. The molecule has 0 aliphatic carbocycles. The maximum atomic E-state index is 11.3. The van der Waals surface area contributed by atoms with Crippen molar-refractivity contribution in [3.05, 3.63) is 58.9 Å². The molecule has 0 amide bonds. The first kappa shape index (κ1) is 19.0. The van der Waals surface area contributed by atoms with Crippen LogP contribution in [0.1, 0.15) is 54.4 Å². The second-order valence-corrected chi connectivity index (χ2v) is 8.14. The molecule has 6 heteroatoms. The number of nitrogens with zero attached hydrogens (tertiary/aromatic N) is 1. The van der Waals surface area contributed by atoms with Gasteiger partial charge in [0.1, 0.15) is 5.69 Å². The molecule has 0 saturated carbocycles. The van der Waals surface area contributed by atoms with Crippen molar-refractivity contribution >= 4 is 23.7 Å². The number of thioether (sulfide) groups is 1. The summed E-state index contributed by atoms with van der Waals surface area (Å²) in [5, 5.41) is 8.91. The highest BCUT2D eigenvalue weighted by Gasteiger charge is 2.35. The van der Waals surface area contributed by atoms with Crippen LogP contribution in [0.4, 0.5) is 0 Å². The Bertz CT molecular complexity index is 954. The van der Waals surface area contributed by atoms with Crippen LogP contribution in [0.3, 0.4) is 0 Å². The minimum atomic E-state index is -1.01. The van der Waals surface area contributed by atoms with E-state index in [2.05, 4.69) is 36.7 Å². The number of esters is 1. The summed E-state index contributed by atoms with van der Waals surface area (Å²) in [6, 6.07) is 9.07. The van der Waals surface area contributed by atoms with Crippen LogP contribution in [-0.2, 0) is 14.9 Å². The van der Waals surface area contributed by atoms with Gasteiger partial charge in [0.25, 0.3) is 0 Å². The molecule has 1 unspecified atom stereocenters. The van der Waals surface area contributed by atoms with E-state index in [-0.39, 0.29) is 22.4 Å². The number of hydrogen-bond donors (Lipinski definition) is 1. The van der Waals surface area contributed by atoms with Gasteiger partial charge in [0.2, 0.25) is 0 Å². The SMILES string of the molecule is CC(=O)OC1CC(C)(C)c2cc(C#Cc3ccc(C(=O)O)cn3)ccc2S1. The molecule has 27 heavy (non-hydrogen) atoms. The van der Waals surface area contributed by atoms with Crippen molar-refractivity contribution in [3.63, 3.8) is 0 Å². The lowest BCUT2D eigenvalue weighted by Gasteiger charge is -2.36. The number of ether oxygens (including phenoxy) is 1. The van der Waals surface area contributed by atoms with E-state index in [1.165, 1.54) is 24.8 Å². The molecule has 2 aromatic rings. The van der Waals surface area contributed by atoms with E-state index in [0.717, 1.165) is 16.9 Å². The van der Waals surface area contributed by atoms with E-state index in [0.29, 0.717) is 5.69 Å². The summed E-state index contributed by atoms with van der Waals surface area (Å²) in [6.45, 7) is 5.69. The van der Waals surface area contributed by atoms with Crippen LogP contribution in [-0.4, -0.2) is 27.5 Å². The maximum Gasteiger partial charge on any atom is 0.337 e. The zero-order valence-corrected chi connectivity index (χ0v) is 16.1. The van der Waals surface area contributed by atoms with Crippen molar-refractivity contribution in [2.75, 3.05) is 0 Å². The molecule has 0 spiro atoms. The van der Waals surface area contributed by atoms with E-state index < -0.39 is 5.97 Å². The number of carbonyl (C=O) groups excluding carboxylic acids is 1. The van der Waals surface area contributed by atoms with Crippen molar-refractivity contribution in [1.82, 2.24) is 4.98 Å². The van der Waals surface area contributed by atoms with Crippen LogP contribution in [0.25, 0.3) is 0 Å². The Labute approximate surface area is 162 Å². The van der Waals surface area contributed by atoms with Crippen LogP contribution in [0.2, 0.25) is 0 Å². The monoisotopic (exact) mass is 381 g/mol. The lowest BCUT2D eigenvalue weighted by Crippen LogP contribution is -2.30. The minimum Gasteiger partial charge on any atom is -0.478 e. The fourth-order valence-electron chi connectivity index (χ4n) is 2.93. The Kier molecular flexibility index (Phi) is 5.24. The Morgan fingerprint density at radius 1 is 1.26 bits per heavy atom. The third-order valence-electron chi connectivity index (χ3n) is 4.29. The number of fused-ring (bicyclic) bond motifs is 1. The largest absolute Gasteiger partial charge is 0.478 e. The van der Waals surface area contributed by atoms with Crippen molar-refractivity contribution in [2.24, 2.45) is 0 Å². The van der Waals surface area contributed by atoms with Crippen LogP contribution < -0.4 is 0 Å². The van der Waals surface area contributed by atoms with Gasteiger partial charge in [0.05, 0.1) is 5.56 Å². The average Bonchev–Trinajstić information content (AvgIpc) is 2.59. The van der Waals surface area contributed by atoms with Gasteiger partial charge in [0, 0.05) is 30.0 Å². The number of aromatic nitrogens is 1. The number of carboxylic acids is 1. The molecule has 0 radical (unpaired) electrons. The molecule has 5 nitrogen and oxygen atoms in total. The van der Waals surface area contributed by atoms with Crippen molar-refractivity contribution in [1.29, 1.82) is 0 Å². The molecule has 1 aromatic heterocycles. The van der Waals surface area contributed by atoms with Gasteiger partial charge in [-0.2, -0.15) is 0 Å². The molecule has 1 N–H and O–H groups in total. The summed E-state index contributed by atoms with van der Waals surface area (Å²) in [4.78, 5) is 27.3. The predicted molar refractivity (Wildman–Crippen MR) is 103 cm³/mol. The lowest BCUT2D eigenvalue weighted by atomic mass is 9.80. The topological polar surface area (TPSA) is 76.5 Å². The van der Waals surface area contributed by atoms with Crippen LogP contribution in [0.5, 0.6) is 0 Å². The molecule has 1 aliphatic heterocycles. The van der Waals surface area contributed by atoms with Crippen LogP contribution >= 0.6 is 11.8 Å². The highest BCUT2D eigenvalue weighted by Crippen LogP contribution is 2.46. The summed E-state index contributed by atoms with van der Waals surface area (Å²) in [6.07, 6.45) is 2.04. The number of carboxylic acid groups (broad SMARTS) is 1. The first-order chi connectivity index (χ1) is 12.7. The highest BCUT2D eigenvalue weighted by atomic mass is 32.2. The summed E-state index contributed by atoms with van der Waals surface area (Å²) in [5.41, 5.74) is 2.37. The van der Waals surface area contributed by atoms with E-state index >= 15 is 0 Å². The van der Waals surface area contributed by atoms with Crippen LogP contribution in [0.15, 0.2) is 41.4 Å². The summed E-state index contributed by atoms with van der Waals surface area (Å²) >= 11 is 1.56. The number of hydrogen-bond acceptors (Lipinski definition) is 5. The van der Waals surface area contributed by atoms with Gasteiger partial charge in [-0.3, -0.25) is 4.79 Å². The molecular weight excluding hydrogens is 362 g/mol. The van der Waals surface area contributed by atoms with Gasteiger partial charge in [-0.05, 0) is 47.2 Å². The Morgan fingerprint density at radius 2 is 2.04 bits per heavy atom. The number of rotatable bonds is 2. The molecule has 2 heterocycles. The Balaban J connectivity index is 1.85. The molecule has 0 bridgehead atoms. The first-order valence-corrected chi connectivity index (χ1v) is 9.32. The summed E-state index contributed by atoms with van der Waals surface area (Å²) in [7, 11) is 0. The fourth-order valence-corrected chi connectivity index (χ4v) is 4.51. The van der Waals surface area contributed by atoms with Crippen molar-refractivity contribution in [3.8, 4) is 11.8 Å². The normalized spacial score (nSPS) is 17.2. The number of aromatic carboxylic acids is 1. The molecule has 3 rings (SSSR count). The number of pyridine rings is 1. The smallest absolute Gasteiger partial charge is 0.337 e. The van der Waals surface area contributed by atoms with E-state index in [1.54, 1.807) is 17.8 Å². The molecule has 0 fully saturated rings. The van der Waals surface area contributed by atoms with Gasteiger partial charge < -0.3 is 9.84 Å². The third-order valence-corrected chi connectivity index (χ3v) is 5.42. The second-order valence-electron chi connectivity index (χ2n) is 6.94.